The fourth-order valence-electron chi connectivity index (χ4n) is 2.98. The summed E-state index contributed by atoms with van der Waals surface area (Å²) in [6.45, 7) is 2.00. The Bertz CT molecular complexity index is 1100. The first-order chi connectivity index (χ1) is 14.4. The molecule has 0 heterocycles. The van der Waals surface area contributed by atoms with Gasteiger partial charge in [0.15, 0.2) is 0 Å². The van der Waals surface area contributed by atoms with Crippen LogP contribution in [0.2, 0.25) is 0 Å². The molecule has 30 heavy (non-hydrogen) atoms. The highest BCUT2D eigenvalue weighted by Crippen LogP contribution is 2.29. The minimum atomic E-state index is -4.16. The molecule has 156 valence electrons. The highest BCUT2D eigenvalue weighted by molar-refractivity contribution is 7.93. The van der Waals surface area contributed by atoms with Gasteiger partial charge in [-0.25, -0.2) is 8.42 Å². The second-order valence-electron chi connectivity index (χ2n) is 6.51. The quantitative estimate of drug-likeness (QED) is 0.564. The molecule has 3 rings (SSSR count). The van der Waals surface area contributed by atoms with Crippen molar-refractivity contribution < 1.29 is 22.7 Å². The number of benzene rings is 3. The molecule has 0 aliphatic rings. The van der Waals surface area contributed by atoms with Crippen molar-refractivity contribution in [3.63, 3.8) is 0 Å². The van der Waals surface area contributed by atoms with Gasteiger partial charge in [-0.3, -0.25) is 4.79 Å². The molecule has 0 aliphatic heterocycles. The van der Waals surface area contributed by atoms with Crippen LogP contribution in [0.1, 0.15) is 22.8 Å². The lowest BCUT2D eigenvalue weighted by molar-refractivity contribution is 0.100. The number of anilines is 1. The summed E-state index contributed by atoms with van der Waals surface area (Å²) in [7, 11) is -1.23. The molecule has 3 aromatic carbocycles. The molecule has 0 aromatic heterocycles. The lowest BCUT2D eigenvalue weighted by Gasteiger charge is -2.23. The smallest absolute Gasteiger partial charge is 0.272 e. The van der Waals surface area contributed by atoms with Crippen LogP contribution in [0.15, 0.2) is 77.7 Å². The largest absolute Gasteiger partial charge is 0.497 e. The van der Waals surface area contributed by atoms with E-state index in [1.165, 1.54) is 38.5 Å². The third kappa shape index (κ3) is 4.31. The van der Waals surface area contributed by atoms with Gasteiger partial charge in [-0.2, -0.15) is 4.31 Å². The Morgan fingerprint density at radius 2 is 1.43 bits per heavy atom. The number of amides is 1. The van der Waals surface area contributed by atoms with Gasteiger partial charge in [-0.1, -0.05) is 37.3 Å². The summed E-state index contributed by atoms with van der Waals surface area (Å²) in [5.41, 5.74) is 1.42. The van der Waals surface area contributed by atoms with Crippen molar-refractivity contribution >= 4 is 21.6 Å². The predicted octanol–water partition coefficient (Wildman–Crippen LogP) is 4.30. The number of hydrogen-bond donors (Lipinski definition) is 0. The van der Waals surface area contributed by atoms with Gasteiger partial charge in [0.1, 0.15) is 11.5 Å². The molecule has 0 fully saturated rings. The van der Waals surface area contributed by atoms with E-state index in [0.717, 1.165) is 16.3 Å². The normalized spacial score (nSPS) is 11.0. The average Bonchev–Trinajstić information content (AvgIpc) is 2.79. The number of aryl methyl sites for hydroxylation is 1. The standard InChI is InChI=1S/C23H23NO5S/c1-4-17-10-12-19(13-11-17)24(30(26,27)22-8-6-5-7-9-22)23(25)18-14-20(28-2)16-21(15-18)29-3/h5-16H,4H2,1-3H3. The predicted molar refractivity (Wildman–Crippen MR) is 116 cm³/mol. The number of ether oxygens (including phenoxy) is 2. The van der Waals surface area contributed by atoms with E-state index in [1.807, 2.05) is 19.1 Å². The molecule has 0 unspecified atom stereocenters. The van der Waals surface area contributed by atoms with Crippen LogP contribution in [0.25, 0.3) is 0 Å². The molecule has 0 bridgehead atoms. The summed E-state index contributed by atoms with van der Waals surface area (Å²) in [6.07, 6.45) is 0.798. The molecule has 0 radical (unpaired) electrons. The molecule has 6 nitrogen and oxygen atoms in total. The van der Waals surface area contributed by atoms with Crippen molar-refractivity contribution in [3.05, 3.63) is 83.9 Å². The maximum Gasteiger partial charge on any atom is 0.272 e. The van der Waals surface area contributed by atoms with Crippen LogP contribution in [0.3, 0.4) is 0 Å². The monoisotopic (exact) mass is 425 g/mol. The second-order valence-corrected chi connectivity index (χ2v) is 8.30. The van der Waals surface area contributed by atoms with Gasteiger partial charge < -0.3 is 9.47 Å². The summed E-state index contributed by atoms with van der Waals surface area (Å²) < 4.78 is 38.2. The lowest BCUT2D eigenvalue weighted by atomic mass is 10.1. The van der Waals surface area contributed by atoms with E-state index in [-0.39, 0.29) is 16.1 Å². The maximum atomic E-state index is 13.5. The number of hydrogen-bond acceptors (Lipinski definition) is 5. The van der Waals surface area contributed by atoms with E-state index >= 15 is 0 Å². The van der Waals surface area contributed by atoms with Crippen LogP contribution in [0, 0.1) is 0 Å². The summed E-state index contributed by atoms with van der Waals surface area (Å²) >= 11 is 0. The molecule has 0 N–H and O–H groups in total. The third-order valence-electron chi connectivity index (χ3n) is 4.64. The molecule has 1 amide bonds. The van der Waals surface area contributed by atoms with Crippen molar-refractivity contribution in [1.82, 2.24) is 0 Å². The van der Waals surface area contributed by atoms with Crippen molar-refractivity contribution in [2.75, 3.05) is 18.5 Å². The Hall–Kier alpha value is -3.32. The number of sulfonamides is 1. The minimum absolute atomic E-state index is 0.0211. The maximum absolute atomic E-state index is 13.5. The number of carbonyl (C=O) groups is 1. The lowest BCUT2D eigenvalue weighted by Crippen LogP contribution is -2.37. The van der Waals surface area contributed by atoms with E-state index in [4.69, 9.17) is 9.47 Å². The molecule has 0 saturated carbocycles. The van der Waals surface area contributed by atoms with Crippen LogP contribution in [-0.4, -0.2) is 28.5 Å². The molecular weight excluding hydrogens is 402 g/mol. The highest BCUT2D eigenvalue weighted by atomic mass is 32.2. The Kier molecular flexibility index (Phi) is 6.42. The molecule has 0 atom stereocenters. The topological polar surface area (TPSA) is 72.9 Å². The second kappa shape index (κ2) is 9.00. The Labute approximate surface area is 176 Å². The fraction of sp³-hybridized carbons (Fsp3) is 0.174. The zero-order valence-electron chi connectivity index (χ0n) is 17.0. The number of methoxy groups -OCH3 is 2. The third-order valence-corrected chi connectivity index (χ3v) is 6.37. The summed E-state index contributed by atoms with van der Waals surface area (Å²) in [6, 6.07) is 19.3. The van der Waals surface area contributed by atoms with Gasteiger partial charge >= 0.3 is 0 Å². The van der Waals surface area contributed by atoms with Crippen molar-refractivity contribution in [3.8, 4) is 11.5 Å². The minimum Gasteiger partial charge on any atom is -0.497 e. The van der Waals surface area contributed by atoms with Crippen LogP contribution < -0.4 is 13.8 Å². The molecule has 7 heteroatoms. The summed E-state index contributed by atoms with van der Waals surface area (Å²) in [5, 5.41) is 0. The van der Waals surface area contributed by atoms with Crippen LogP contribution in [0.5, 0.6) is 11.5 Å². The van der Waals surface area contributed by atoms with Crippen LogP contribution in [-0.2, 0) is 16.4 Å². The number of carbonyl (C=O) groups excluding carboxylic acids is 1. The zero-order chi connectivity index (χ0) is 21.7. The van der Waals surface area contributed by atoms with E-state index in [2.05, 4.69) is 0 Å². The molecule has 3 aromatic rings. The molecule has 0 saturated heterocycles. The van der Waals surface area contributed by atoms with Crippen LogP contribution in [0.4, 0.5) is 5.69 Å². The van der Waals surface area contributed by atoms with Gasteiger partial charge in [0.2, 0.25) is 0 Å². The highest BCUT2D eigenvalue weighted by Gasteiger charge is 2.32. The zero-order valence-corrected chi connectivity index (χ0v) is 17.8. The first-order valence-corrected chi connectivity index (χ1v) is 10.8. The number of nitrogens with zero attached hydrogens (tertiary/aromatic N) is 1. The first-order valence-electron chi connectivity index (χ1n) is 9.37. The SMILES string of the molecule is CCc1ccc(N(C(=O)c2cc(OC)cc(OC)c2)S(=O)(=O)c2ccccc2)cc1. The van der Waals surface area contributed by atoms with E-state index < -0.39 is 15.9 Å². The Morgan fingerprint density at radius 3 is 1.93 bits per heavy atom. The fourth-order valence-corrected chi connectivity index (χ4v) is 4.41. The van der Waals surface area contributed by atoms with E-state index in [0.29, 0.717) is 11.5 Å². The molecule has 0 spiro atoms. The summed E-state index contributed by atoms with van der Waals surface area (Å²) in [5.74, 6) is 0.0625. The van der Waals surface area contributed by atoms with Crippen LogP contribution >= 0.6 is 0 Å². The van der Waals surface area contributed by atoms with Gasteiger partial charge in [0, 0.05) is 11.6 Å². The van der Waals surface area contributed by atoms with E-state index in [9.17, 15) is 13.2 Å². The Balaban J connectivity index is 2.17. The van der Waals surface area contributed by atoms with Gasteiger partial charge in [-0.05, 0) is 48.4 Å². The first kappa shape index (κ1) is 21.4. The van der Waals surface area contributed by atoms with Crippen molar-refractivity contribution in [2.24, 2.45) is 0 Å². The number of rotatable bonds is 7. The van der Waals surface area contributed by atoms with Gasteiger partial charge in [-0.15, -0.1) is 0 Å². The Morgan fingerprint density at radius 1 is 0.867 bits per heavy atom. The van der Waals surface area contributed by atoms with E-state index in [1.54, 1.807) is 36.4 Å². The van der Waals surface area contributed by atoms with Crippen molar-refractivity contribution in [2.45, 2.75) is 18.2 Å². The van der Waals surface area contributed by atoms with Crippen molar-refractivity contribution in [1.29, 1.82) is 0 Å². The molecular formula is C23H23NO5S. The van der Waals surface area contributed by atoms with Gasteiger partial charge in [0.25, 0.3) is 15.9 Å². The average molecular weight is 426 g/mol. The van der Waals surface area contributed by atoms with Gasteiger partial charge in [0.05, 0.1) is 24.8 Å². The molecule has 0 aliphatic carbocycles. The summed E-state index contributed by atoms with van der Waals surface area (Å²) in [4.78, 5) is 13.5.